The Morgan fingerprint density at radius 2 is 1.90 bits per heavy atom. The highest BCUT2D eigenvalue weighted by atomic mass is 16.5. The molecule has 1 aromatic rings. The Bertz CT molecular complexity index is 529. The fourth-order valence-corrected chi connectivity index (χ4v) is 2.72. The summed E-state index contributed by atoms with van der Waals surface area (Å²) in [6.45, 7) is 4.50. The van der Waals surface area contributed by atoms with Crippen LogP contribution in [0.3, 0.4) is 0 Å². The summed E-state index contributed by atoms with van der Waals surface area (Å²) in [5.41, 5.74) is 2.39. The number of carboxylic acids is 1. The van der Waals surface area contributed by atoms with Gasteiger partial charge in [-0.15, -0.1) is 0 Å². The maximum Gasteiger partial charge on any atom is 0.320 e. The van der Waals surface area contributed by atoms with Crippen LogP contribution >= 0.6 is 0 Å². The zero-order valence-corrected chi connectivity index (χ0v) is 11.6. The molecular weight excluding hydrogens is 258 g/mol. The van der Waals surface area contributed by atoms with E-state index in [0.717, 1.165) is 36.4 Å². The molecule has 1 unspecified atom stereocenters. The van der Waals surface area contributed by atoms with E-state index in [0.29, 0.717) is 19.8 Å². The van der Waals surface area contributed by atoms with Crippen LogP contribution in [0.4, 0.5) is 0 Å². The fourth-order valence-electron chi connectivity index (χ4n) is 2.72. The zero-order valence-electron chi connectivity index (χ0n) is 11.6. The Balaban J connectivity index is 1.86. The molecule has 0 bridgehead atoms. The van der Waals surface area contributed by atoms with Crippen molar-refractivity contribution in [1.29, 1.82) is 0 Å². The molecule has 1 aromatic carbocycles. The van der Waals surface area contributed by atoms with Crippen LogP contribution in [0.15, 0.2) is 12.1 Å². The zero-order chi connectivity index (χ0) is 14.1. The Hall–Kier alpha value is -1.75. The first kappa shape index (κ1) is 13.2. The van der Waals surface area contributed by atoms with Crippen molar-refractivity contribution in [2.75, 3.05) is 19.8 Å². The van der Waals surface area contributed by atoms with Crippen LogP contribution in [0.25, 0.3) is 0 Å². The molecule has 0 aromatic heterocycles. The SMILES string of the molecule is CC(C(=O)O)N1CCc2cc3c(cc2C1)OCCCO3. The molecule has 2 aliphatic rings. The minimum Gasteiger partial charge on any atom is -0.490 e. The highest BCUT2D eigenvalue weighted by Crippen LogP contribution is 2.35. The average Bonchev–Trinajstić information content (AvgIpc) is 2.68. The molecule has 3 rings (SSSR count). The molecule has 0 spiro atoms. The van der Waals surface area contributed by atoms with E-state index in [2.05, 4.69) is 6.07 Å². The first-order chi connectivity index (χ1) is 9.65. The molecular formula is C15H19NO4. The van der Waals surface area contributed by atoms with Crippen molar-refractivity contribution in [2.45, 2.75) is 32.4 Å². The van der Waals surface area contributed by atoms with Crippen molar-refractivity contribution in [3.8, 4) is 11.5 Å². The fraction of sp³-hybridized carbons (Fsp3) is 0.533. The molecule has 2 aliphatic heterocycles. The van der Waals surface area contributed by atoms with Crippen LogP contribution < -0.4 is 9.47 Å². The van der Waals surface area contributed by atoms with Gasteiger partial charge in [-0.3, -0.25) is 9.69 Å². The number of carboxylic acid groups (broad SMARTS) is 1. The molecule has 0 aliphatic carbocycles. The predicted octanol–water partition coefficient (Wildman–Crippen LogP) is 1.68. The summed E-state index contributed by atoms with van der Waals surface area (Å²) in [5, 5.41) is 9.13. The van der Waals surface area contributed by atoms with Gasteiger partial charge >= 0.3 is 5.97 Å². The number of carbonyl (C=O) groups is 1. The molecule has 0 amide bonds. The number of hydrogen-bond acceptors (Lipinski definition) is 4. The molecule has 0 saturated carbocycles. The standard InChI is InChI=1S/C15H19NO4/c1-10(15(17)18)16-4-3-11-7-13-14(8-12(11)9-16)20-6-2-5-19-13/h7-8,10H,2-6,9H2,1H3,(H,17,18). The van der Waals surface area contributed by atoms with Crippen molar-refractivity contribution in [2.24, 2.45) is 0 Å². The molecule has 20 heavy (non-hydrogen) atoms. The largest absolute Gasteiger partial charge is 0.490 e. The van der Waals surface area contributed by atoms with Crippen molar-refractivity contribution in [1.82, 2.24) is 4.90 Å². The predicted molar refractivity (Wildman–Crippen MR) is 73.3 cm³/mol. The number of ether oxygens (including phenoxy) is 2. The third-order valence-corrected chi connectivity index (χ3v) is 4.02. The third kappa shape index (κ3) is 2.45. The van der Waals surface area contributed by atoms with E-state index in [1.807, 2.05) is 11.0 Å². The molecule has 2 heterocycles. The van der Waals surface area contributed by atoms with Gasteiger partial charge in [0.15, 0.2) is 11.5 Å². The first-order valence-corrected chi connectivity index (χ1v) is 7.03. The molecule has 5 heteroatoms. The van der Waals surface area contributed by atoms with E-state index in [1.54, 1.807) is 6.92 Å². The normalized spacial score (nSPS) is 19.9. The maximum atomic E-state index is 11.1. The number of rotatable bonds is 2. The van der Waals surface area contributed by atoms with Gasteiger partial charge in [0.1, 0.15) is 6.04 Å². The van der Waals surface area contributed by atoms with Gasteiger partial charge in [0.2, 0.25) is 0 Å². The second-order valence-electron chi connectivity index (χ2n) is 5.35. The topological polar surface area (TPSA) is 59.0 Å². The van der Waals surface area contributed by atoms with Crippen LogP contribution in [0, 0.1) is 0 Å². The summed E-state index contributed by atoms with van der Waals surface area (Å²) in [5.74, 6) is 0.829. The number of fused-ring (bicyclic) bond motifs is 2. The van der Waals surface area contributed by atoms with Gasteiger partial charge in [0, 0.05) is 19.5 Å². The summed E-state index contributed by atoms with van der Waals surface area (Å²) in [4.78, 5) is 13.1. The van der Waals surface area contributed by atoms with Crippen molar-refractivity contribution >= 4 is 5.97 Å². The quantitative estimate of drug-likeness (QED) is 0.891. The highest BCUT2D eigenvalue weighted by molar-refractivity contribution is 5.73. The van der Waals surface area contributed by atoms with Gasteiger partial charge in [0.25, 0.3) is 0 Å². The van der Waals surface area contributed by atoms with Gasteiger partial charge in [-0.2, -0.15) is 0 Å². The van der Waals surface area contributed by atoms with Crippen LogP contribution in [-0.2, 0) is 17.8 Å². The smallest absolute Gasteiger partial charge is 0.320 e. The molecule has 0 fully saturated rings. The summed E-state index contributed by atoms with van der Waals surface area (Å²) in [6, 6.07) is 3.61. The van der Waals surface area contributed by atoms with Gasteiger partial charge in [-0.25, -0.2) is 0 Å². The van der Waals surface area contributed by atoms with Crippen molar-refractivity contribution in [3.63, 3.8) is 0 Å². The Kier molecular flexibility index (Phi) is 3.53. The van der Waals surface area contributed by atoms with E-state index in [-0.39, 0.29) is 0 Å². The lowest BCUT2D eigenvalue weighted by molar-refractivity contribution is -0.143. The average molecular weight is 277 g/mol. The Morgan fingerprint density at radius 1 is 1.25 bits per heavy atom. The third-order valence-electron chi connectivity index (χ3n) is 4.02. The van der Waals surface area contributed by atoms with E-state index >= 15 is 0 Å². The molecule has 108 valence electrons. The maximum absolute atomic E-state index is 11.1. The molecule has 1 N–H and O–H groups in total. The highest BCUT2D eigenvalue weighted by Gasteiger charge is 2.26. The van der Waals surface area contributed by atoms with E-state index in [4.69, 9.17) is 14.6 Å². The Morgan fingerprint density at radius 3 is 2.55 bits per heavy atom. The number of benzene rings is 1. The van der Waals surface area contributed by atoms with Crippen molar-refractivity contribution < 1.29 is 19.4 Å². The van der Waals surface area contributed by atoms with Crippen LogP contribution in [0.5, 0.6) is 11.5 Å². The minimum absolute atomic E-state index is 0.459. The van der Waals surface area contributed by atoms with E-state index in [1.165, 1.54) is 5.56 Å². The summed E-state index contributed by atoms with van der Waals surface area (Å²) >= 11 is 0. The number of hydrogen-bond donors (Lipinski definition) is 1. The van der Waals surface area contributed by atoms with E-state index < -0.39 is 12.0 Å². The Labute approximate surface area is 118 Å². The van der Waals surface area contributed by atoms with Gasteiger partial charge in [-0.05, 0) is 36.6 Å². The van der Waals surface area contributed by atoms with Crippen molar-refractivity contribution in [3.05, 3.63) is 23.3 Å². The second-order valence-corrected chi connectivity index (χ2v) is 5.35. The monoisotopic (exact) mass is 277 g/mol. The van der Waals surface area contributed by atoms with E-state index in [9.17, 15) is 4.79 Å². The number of nitrogens with zero attached hydrogens (tertiary/aromatic N) is 1. The number of aliphatic carboxylic acids is 1. The lowest BCUT2D eigenvalue weighted by Crippen LogP contribution is -2.42. The second kappa shape index (κ2) is 5.32. The molecule has 0 saturated heterocycles. The first-order valence-electron chi connectivity index (χ1n) is 7.03. The van der Waals surface area contributed by atoms with Gasteiger partial charge in [-0.1, -0.05) is 0 Å². The summed E-state index contributed by atoms with van der Waals surface area (Å²) in [7, 11) is 0. The lowest BCUT2D eigenvalue weighted by Gasteiger charge is -2.32. The molecule has 0 radical (unpaired) electrons. The van der Waals surface area contributed by atoms with Gasteiger partial charge < -0.3 is 14.6 Å². The van der Waals surface area contributed by atoms with Crippen LogP contribution in [0.2, 0.25) is 0 Å². The van der Waals surface area contributed by atoms with Gasteiger partial charge in [0.05, 0.1) is 13.2 Å². The minimum atomic E-state index is -0.775. The summed E-state index contributed by atoms with van der Waals surface area (Å²) in [6.07, 6.45) is 1.74. The summed E-state index contributed by atoms with van der Waals surface area (Å²) < 4.78 is 11.4. The molecule has 1 atom stereocenters. The van der Waals surface area contributed by atoms with Crippen LogP contribution in [-0.4, -0.2) is 41.8 Å². The van der Waals surface area contributed by atoms with Crippen LogP contribution in [0.1, 0.15) is 24.5 Å². The molecule has 5 nitrogen and oxygen atoms in total. The lowest BCUT2D eigenvalue weighted by atomic mass is 9.98.